The lowest BCUT2D eigenvalue weighted by molar-refractivity contribution is -0.113. The molecule has 8 nitrogen and oxygen atoms in total. The maximum atomic E-state index is 13.7. The number of rotatable bonds is 8. The number of halogens is 1. The molecule has 0 radical (unpaired) electrons. The van der Waals surface area contributed by atoms with Crippen molar-refractivity contribution < 1.29 is 23.5 Å². The number of benzene rings is 2. The highest BCUT2D eigenvalue weighted by atomic mass is 32.2. The minimum atomic E-state index is -0.624. The molecule has 0 bridgehead atoms. The third kappa shape index (κ3) is 5.45. The van der Waals surface area contributed by atoms with Gasteiger partial charge >= 0.3 is 0 Å². The largest absolute Gasteiger partial charge is 0.493 e. The molecular weight excluding hydrogens is 431 g/mol. The van der Waals surface area contributed by atoms with E-state index in [-0.39, 0.29) is 22.4 Å². The van der Waals surface area contributed by atoms with E-state index in [1.807, 2.05) is 0 Å². The maximum Gasteiger partial charge on any atom is 0.260 e. The van der Waals surface area contributed by atoms with Crippen LogP contribution >= 0.6 is 23.1 Å². The average Bonchev–Trinajstić information content (AvgIpc) is 3.19. The fourth-order valence-electron chi connectivity index (χ4n) is 2.37. The van der Waals surface area contributed by atoms with Crippen molar-refractivity contribution in [1.82, 2.24) is 10.2 Å². The zero-order valence-electron chi connectivity index (χ0n) is 16.0. The fourth-order valence-corrected chi connectivity index (χ4v) is 3.91. The zero-order chi connectivity index (χ0) is 21.5. The molecule has 3 aromatic rings. The summed E-state index contributed by atoms with van der Waals surface area (Å²) in [5, 5.41) is 13.2. The van der Waals surface area contributed by atoms with Crippen LogP contribution in [0.1, 0.15) is 10.4 Å². The molecule has 0 saturated carbocycles. The van der Waals surface area contributed by atoms with Crippen LogP contribution in [0.3, 0.4) is 0 Å². The predicted octanol–water partition coefficient (Wildman–Crippen LogP) is 3.68. The monoisotopic (exact) mass is 448 g/mol. The molecular formula is C19H17FN4O4S2. The predicted molar refractivity (Wildman–Crippen MR) is 113 cm³/mol. The Morgan fingerprint density at radius 3 is 2.57 bits per heavy atom. The Morgan fingerprint density at radius 2 is 1.83 bits per heavy atom. The number of anilines is 2. The number of methoxy groups -OCH3 is 2. The van der Waals surface area contributed by atoms with E-state index in [9.17, 15) is 14.0 Å². The van der Waals surface area contributed by atoms with Gasteiger partial charge in [0.05, 0.1) is 25.5 Å². The number of nitrogens with zero attached hydrogens (tertiary/aromatic N) is 2. The topological polar surface area (TPSA) is 102 Å². The summed E-state index contributed by atoms with van der Waals surface area (Å²) in [7, 11) is 3.04. The van der Waals surface area contributed by atoms with E-state index in [1.54, 1.807) is 24.3 Å². The number of thioether (sulfide) groups is 1. The molecule has 0 aliphatic heterocycles. The summed E-state index contributed by atoms with van der Waals surface area (Å²) < 4.78 is 24.5. The molecule has 0 atom stereocenters. The number of aromatic nitrogens is 2. The summed E-state index contributed by atoms with van der Waals surface area (Å²) in [5.74, 6) is -0.345. The molecule has 3 rings (SSSR count). The lowest BCUT2D eigenvalue weighted by atomic mass is 10.2. The second-order valence-electron chi connectivity index (χ2n) is 5.71. The Kier molecular flexibility index (Phi) is 7.20. The standard InChI is InChI=1S/C19H17FN4O4S2/c1-27-14-8-7-11(9-15(14)28-2)21-16(25)10-29-19-24-23-18(30-19)22-17(26)12-5-3-4-6-13(12)20/h3-9H,10H2,1-2H3,(H,21,25)(H,22,23,26). The zero-order valence-corrected chi connectivity index (χ0v) is 17.6. The van der Waals surface area contributed by atoms with Crippen LogP contribution in [0.4, 0.5) is 15.2 Å². The van der Waals surface area contributed by atoms with Crippen molar-refractivity contribution in [1.29, 1.82) is 0 Å². The Balaban J connectivity index is 1.53. The molecule has 2 N–H and O–H groups in total. The van der Waals surface area contributed by atoms with Gasteiger partial charge in [-0.3, -0.25) is 14.9 Å². The van der Waals surface area contributed by atoms with Gasteiger partial charge in [0, 0.05) is 11.8 Å². The Hall–Kier alpha value is -3.18. The quantitative estimate of drug-likeness (QED) is 0.400. The first-order valence-corrected chi connectivity index (χ1v) is 10.3. The molecule has 1 aromatic heterocycles. The van der Waals surface area contributed by atoms with Gasteiger partial charge in [-0.2, -0.15) is 0 Å². The first kappa shape index (κ1) is 21.5. The van der Waals surface area contributed by atoms with Crippen molar-refractivity contribution in [2.24, 2.45) is 0 Å². The van der Waals surface area contributed by atoms with Crippen LogP contribution in [-0.4, -0.2) is 42.0 Å². The smallest absolute Gasteiger partial charge is 0.260 e. The van der Waals surface area contributed by atoms with Gasteiger partial charge in [-0.05, 0) is 24.3 Å². The second-order valence-corrected chi connectivity index (χ2v) is 7.91. The van der Waals surface area contributed by atoms with Crippen LogP contribution in [0.5, 0.6) is 11.5 Å². The van der Waals surface area contributed by atoms with Crippen LogP contribution in [0.2, 0.25) is 0 Å². The first-order chi connectivity index (χ1) is 14.5. The third-order valence-electron chi connectivity index (χ3n) is 3.74. The van der Waals surface area contributed by atoms with E-state index in [4.69, 9.17) is 9.47 Å². The van der Waals surface area contributed by atoms with Gasteiger partial charge in [0.15, 0.2) is 15.8 Å². The first-order valence-electron chi connectivity index (χ1n) is 8.54. The Morgan fingerprint density at radius 1 is 1.07 bits per heavy atom. The Labute approximate surface area is 179 Å². The molecule has 0 aliphatic carbocycles. The van der Waals surface area contributed by atoms with Gasteiger partial charge in [-0.1, -0.05) is 35.2 Å². The molecule has 156 valence electrons. The molecule has 0 unspecified atom stereocenters. The van der Waals surface area contributed by atoms with E-state index in [2.05, 4.69) is 20.8 Å². The highest BCUT2D eigenvalue weighted by Gasteiger charge is 2.15. The summed E-state index contributed by atoms with van der Waals surface area (Å²) in [4.78, 5) is 24.3. The molecule has 0 spiro atoms. The van der Waals surface area contributed by atoms with Crippen LogP contribution in [-0.2, 0) is 4.79 Å². The van der Waals surface area contributed by atoms with Crippen molar-refractivity contribution in [3.05, 3.63) is 53.8 Å². The molecule has 0 aliphatic rings. The molecule has 0 saturated heterocycles. The number of ether oxygens (including phenoxy) is 2. The van der Waals surface area contributed by atoms with Crippen molar-refractivity contribution in [3.63, 3.8) is 0 Å². The number of carbonyl (C=O) groups excluding carboxylic acids is 2. The van der Waals surface area contributed by atoms with Gasteiger partial charge in [-0.25, -0.2) is 4.39 Å². The number of nitrogens with one attached hydrogen (secondary N) is 2. The van der Waals surface area contributed by atoms with Crippen LogP contribution in [0.15, 0.2) is 46.8 Å². The highest BCUT2D eigenvalue weighted by molar-refractivity contribution is 8.01. The highest BCUT2D eigenvalue weighted by Crippen LogP contribution is 2.30. The summed E-state index contributed by atoms with van der Waals surface area (Å²) in [6, 6.07) is 10.7. The molecule has 2 amide bonds. The molecule has 11 heteroatoms. The lowest BCUT2D eigenvalue weighted by Gasteiger charge is -2.10. The van der Waals surface area contributed by atoms with Gasteiger partial charge in [0.1, 0.15) is 5.82 Å². The summed E-state index contributed by atoms with van der Waals surface area (Å²) >= 11 is 2.25. The van der Waals surface area contributed by atoms with Crippen LogP contribution in [0.25, 0.3) is 0 Å². The van der Waals surface area contributed by atoms with Gasteiger partial charge in [-0.15, -0.1) is 10.2 Å². The third-order valence-corrected chi connectivity index (χ3v) is 5.71. The second kappa shape index (κ2) is 10.0. The SMILES string of the molecule is COc1ccc(NC(=O)CSc2nnc(NC(=O)c3ccccc3F)s2)cc1OC. The maximum absolute atomic E-state index is 13.7. The van der Waals surface area contributed by atoms with Crippen LogP contribution in [0, 0.1) is 5.82 Å². The number of carbonyl (C=O) groups is 2. The van der Waals surface area contributed by atoms with E-state index in [0.29, 0.717) is 21.5 Å². The molecule has 2 aromatic carbocycles. The van der Waals surface area contributed by atoms with Crippen LogP contribution < -0.4 is 20.1 Å². The van der Waals surface area contributed by atoms with Crippen molar-refractivity contribution in [3.8, 4) is 11.5 Å². The average molecular weight is 449 g/mol. The van der Waals surface area contributed by atoms with Gasteiger partial charge in [0.25, 0.3) is 5.91 Å². The summed E-state index contributed by atoms with van der Waals surface area (Å²) in [5.41, 5.74) is 0.476. The Bertz CT molecular complexity index is 1060. The van der Waals surface area contributed by atoms with E-state index in [0.717, 1.165) is 23.1 Å². The molecule has 0 fully saturated rings. The van der Waals surface area contributed by atoms with Crippen molar-refractivity contribution >= 4 is 45.7 Å². The van der Waals surface area contributed by atoms with Crippen molar-refractivity contribution in [2.45, 2.75) is 4.34 Å². The van der Waals surface area contributed by atoms with E-state index >= 15 is 0 Å². The minimum Gasteiger partial charge on any atom is -0.493 e. The normalized spacial score (nSPS) is 10.4. The molecule has 1 heterocycles. The van der Waals surface area contributed by atoms with Gasteiger partial charge in [0.2, 0.25) is 11.0 Å². The minimum absolute atomic E-state index is 0.0869. The fraction of sp³-hybridized carbons (Fsp3) is 0.158. The van der Waals surface area contributed by atoms with Crippen molar-refractivity contribution in [2.75, 3.05) is 30.6 Å². The van der Waals surface area contributed by atoms with E-state index in [1.165, 1.54) is 32.4 Å². The molecule has 30 heavy (non-hydrogen) atoms. The lowest BCUT2D eigenvalue weighted by Crippen LogP contribution is -2.14. The number of amides is 2. The summed E-state index contributed by atoms with van der Waals surface area (Å²) in [6.07, 6.45) is 0. The van der Waals surface area contributed by atoms with E-state index < -0.39 is 11.7 Å². The summed E-state index contributed by atoms with van der Waals surface area (Å²) in [6.45, 7) is 0. The number of hydrogen-bond acceptors (Lipinski definition) is 8. The van der Waals surface area contributed by atoms with Gasteiger partial charge < -0.3 is 14.8 Å². The number of hydrogen-bond donors (Lipinski definition) is 2.